The molecule has 2 aliphatic rings. The molecule has 1 fully saturated rings. The molecule has 2 aliphatic carbocycles. The van der Waals surface area contributed by atoms with Gasteiger partial charge in [-0.15, -0.1) is 0 Å². The lowest BCUT2D eigenvalue weighted by Crippen LogP contribution is -2.17. The molecule has 0 saturated heterocycles. The minimum Gasteiger partial charge on any atom is -0.310 e. The maximum atomic E-state index is 2.52. The van der Waals surface area contributed by atoms with E-state index >= 15 is 0 Å². The van der Waals surface area contributed by atoms with E-state index in [2.05, 4.69) is 247 Å². The molecule has 1 heteroatoms. The van der Waals surface area contributed by atoms with E-state index in [0.717, 1.165) is 11.4 Å². The minimum absolute atomic E-state index is 0.0206. The topological polar surface area (TPSA) is 3.24 Å². The number of benzene rings is 7. The van der Waals surface area contributed by atoms with Gasteiger partial charge in [0, 0.05) is 22.5 Å². The summed E-state index contributed by atoms with van der Waals surface area (Å²) in [6.07, 6.45) is 6.73. The fourth-order valence-corrected chi connectivity index (χ4v) is 10.9. The number of hydrogen-bond donors (Lipinski definition) is 0. The summed E-state index contributed by atoms with van der Waals surface area (Å²) in [6, 6.07) is 57.1. The molecular formula is C67H77N. The van der Waals surface area contributed by atoms with Gasteiger partial charge in [0.05, 0.1) is 0 Å². The molecule has 0 bridgehead atoms. The van der Waals surface area contributed by atoms with Gasteiger partial charge < -0.3 is 4.90 Å². The Hall–Kier alpha value is -5.66. The van der Waals surface area contributed by atoms with E-state index in [1.165, 1.54) is 121 Å². The van der Waals surface area contributed by atoms with Crippen LogP contribution in [-0.2, 0) is 27.1 Å². The van der Waals surface area contributed by atoms with Gasteiger partial charge in [0.2, 0.25) is 0 Å². The van der Waals surface area contributed by atoms with Gasteiger partial charge in [0.15, 0.2) is 0 Å². The molecule has 0 heterocycles. The summed E-state index contributed by atoms with van der Waals surface area (Å²) < 4.78 is 0. The summed E-state index contributed by atoms with van der Waals surface area (Å²) in [4.78, 5) is 2.52. The first-order valence-corrected chi connectivity index (χ1v) is 25.7. The van der Waals surface area contributed by atoms with Crippen molar-refractivity contribution in [2.24, 2.45) is 0 Å². The van der Waals surface area contributed by atoms with Crippen molar-refractivity contribution in [3.63, 3.8) is 0 Å². The SMILES string of the molecule is CC(C)(C)c1cc(-c2cc(N(c3ccc(-c4ccc(C5CCCCC5)cc4)cc3)c3ccc4c(c3)C(C)(C)c3ccccc3-4)cc(C(C)(C)C)c2)cc(-c2cc(C(C)(C)C)cc(C(C)(C)C)c2)c1. The van der Waals surface area contributed by atoms with Crippen LogP contribution in [-0.4, -0.2) is 0 Å². The van der Waals surface area contributed by atoms with Crippen molar-refractivity contribution >= 4 is 17.1 Å². The molecular weight excluding hydrogens is 819 g/mol. The molecule has 0 aliphatic heterocycles. The molecule has 0 radical (unpaired) electrons. The van der Waals surface area contributed by atoms with Crippen molar-refractivity contribution in [1.29, 1.82) is 0 Å². The molecule has 350 valence electrons. The third-order valence-electron chi connectivity index (χ3n) is 15.4. The summed E-state index contributed by atoms with van der Waals surface area (Å²) in [6.45, 7) is 32.9. The van der Waals surface area contributed by atoms with Gasteiger partial charge in [-0.05, 0) is 166 Å². The number of rotatable bonds is 7. The zero-order valence-electron chi connectivity index (χ0n) is 43.9. The third-order valence-corrected chi connectivity index (χ3v) is 15.4. The van der Waals surface area contributed by atoms with Gasteiger partial charge in [-0.2, -0.15) is 0 Å². The van der Waals surface area contributed by atoms with Gasteiger partial charge in [0.1, 0.15) is 0 Å². The Labute approximate surface area is 411 Å². The van der Waals surface area contributed by atoms with Crippen LogP contribution in [0.4, 0.5) is 17.1 Å². The first-order valence-electron chi connectivity index (χ1n) is 25.7. The number of nitrogens with zero attached hydrogens (tertiary/aromatic N) is 1. The highest BCUT2D eigenvalue weighted by atomic mass is 15.1. The summed E-state index contributed by atoms with van der Waals surface area (Å²) in [5.74, 6) is 0.705. The second kappa shape index (κ2) is 17.4. The van der Waals surface area contributed by atoms with E-state index in [1.54, 1.807) is 0 Å². The minimum atomic E-state index is -0.124. The van der Waals surface area contributed by atoms with Crippen LogP contribution >= 0.6 is 0 Å². The quantitative estimate of drug-likeness (QED) is 0.154. The molecule has 9 rings (SSSR count). The highest BCUT2D eigenvalue weighted by Gasteiger charge is 2.36. The van der Waals surface area contributed by atoms with Gasteiger partial charge >= 0.3 is 0 Å². The second-order valence-electron chi connectivity index (χ2n) is 25.1. The third kappa shape index (κ3) is 9.40. The van der Waals surface area contributed by atoms with Crippen LogP contribution in [0.25, 0.3) is 44.5 Å². The highest BCUT2D eigenvalue weighted by molar-refractivity contribution is 5.88. The zero-order valence-corrected chi connectivity index (χ0v) is 43.9. The predicted octanol–water partition coefficient (Wildman–Crippen LogP) is 19.7. The van der Waals surface area contributed by atoms with Gasteiger partial charge in [0.25, 0.3) is 0 Å². The maximum Gasteiger partial charge on any atom is 0.0470 e. The number of hydrogen-bond acceptors (Lipinski definition) is 1. The fourth-order valence-electron chi connectivity index (χ4n) is 10.9. The maximum absolute atomic E-state index is 2.52. The average Bonchev–Trinajstić information content (AvgIpc) is 3.53. The first kappa shape index (κ1) is 47.4. The van der Waals surface area contributed by atoms with E-state index in [1.807, 2.05) is 0 Å². The first-order chi connectivity index (χ1) is 31.9. The van der Waals surface area contributed by atoms with Gasteiger partial charge in [-0.1, -0.05) is 219 Å². The van der Waals surface area contributed by atoms with Gasteiger partial charge in [-0.3, -0.25) is 0 Å². The molecule has 0 aromatic heterocycles. The monoisotopic (exact) mass is 896 g/mol. The lowest BCUT2D eigenvalue weighted by Gasteiger charge is -2.31. The van der Waals surface area contributed by atoms with Crippen molar-refractivity contribution in [2.45, 2.75) is 162 Å². The van der Waals surface area contributed by atoms with E-state index in [-0.39, 0.29) is 27.1 Å². The molecule has 0 N–H and O–H groups in total. The Morgan fingerprint density at radius 1 is 0.368 bits per heavy atom. The molecule has 68 heavy (non-hydrogen) atoms. The van der Waals surface area contributed by atoms with Crippen LogP contribution in [0.15, 0.2) is 146 Å². The van der Waals surface area contributed by atoms with E-state index in [9.17, 15) is 0 Å². The van der Waals surface area contributed by atoms with Crippen molar-refractivity contribution in [3.05, 3.63) is 185 Å². The van der Waals surface area contributed by atoms with Crippen molar-refractivity contribution < 1.29 is 0 Å². The largest absolute Gasteiger partial charge is 0.310 e. The van der Waals surface area contributed by atoms with Crippen LogP contribution < -0.4 is 4.90 Å². The van der Waals surface area contributed by atoms with E-state index < -0.39 is 0 Å². The average molecular weight is 896 g/mol. The van der Waals surface area contributed by atoms with E-state index in [4.69, 9.17) is 0 Å². The summed E-state index contributed by atoms with van der Waals surface area (Å²) >= 11 is 0. The normalized spacial score (nSPS) is 15.3. The fraction of sp³-hybridized carbons (Fsp3) is 0.373. The molecule has 0 atom stereocenters. The van der Waals surface area contributed by atoms with Crippen molar-refractivity contribution in [3.8, 4) is 44.5 Å². The smallest absolute Gasteiger partial charge is 0.0470 e. The number of anilines is 3. The second-order valence-corrected chi connectivity index (χ2v) is 25.1. The van der Waals surface area contributed by atoms with Crippen molar-refractivity contribution in [2.75, 3.05) is 4.90 Å². The number of fused-ring (bicyclic) bond motifs is 3. The van der Waals surface area contributed by atoms with Crippen molar-refractivity contribution in [1.82, 2.24) is 0 Å². The molecule has 7 aromatic carbocycles. The summed E-state index contributed by atoms with van der Waals surface area (Å²) in [7, 11) is 0. The van der Waals surface area contributed by atoms with Crippen LogP contribution in [0.1, 0.15) is 174 Å². The summed E-state index contributed by atoms with van der Waals surface area (Å²) in [5, 5.41) is 0. The predicted molar refractivity (Wildman–Crippen MR) is 296 cm³/mol. The van der Waals surface area contributed by atoms with E-state index in [0.29, 0.717) is 5.92 Å². The molecule has 0 unspecified atom stereocenters. The highest BCUT2D eigenvalue weighted by Crippen LogP contribution is 2.51. The standard InChI is InChI=1S/C67H77N/c1-63(2,3)52-35-48(50-37-53(64(4,5)6)41-54(38-50)65(7,8)9)34-49(36-52)51-39-55(66(10,11)12)42-58(40-51)68(57-32-33-60-59-22-18-19-23-61(59)67(13,14)62(60)43-57)56-30-28-47(29-31-56)46-26-24-45(25-27-46)44-20-16-15-17-21-44/h18-19,22-44H,15-17,20-21H2,1-14H3. The van der Waals surface area contributed by atoms with Crippen LogP contribution in [0.2, 0.25) is 0 Å². The molecule has 7 aromatic rings. The zero-order chi connectivity index (χ0) is 48.6. The molecule has 1 nitrogen and oxygen atoms in total. The van der Waals surface area contributed by atoms with Crippen LogP contribution in [0.5, 0.6) is 0 Å². The molecule has 0 spiro atoms. The Morgan fingerprint density at radius 3 is 1.35 bits per heavy atom. The lowest BCUT2D eigenvalue weighted by molar-refractivity contribution is 0.443. The Kier molecular flexibility index (Phi) is 12.1. The van der Waals surface area contributed by atoms with Gasteiger partial charge in [-0.25, -0.2) is 0 Å². The Morgan fingerprint density at radius 2 is 0.809 bits per heavy atom. The Balaban J connectivity index is 1.22. The van der Waals surface area contributed by atoms with Crippen LogP contribution in [0.3, 0.4) is 0 Å². The Bertz CT molecular complexity index is 2930. The van der Waals surface area contributed by atoms with Crippen LogP contribution in [0, 0.1) is 0 Å². The molecule has 1 saturated carbocycles. The lowest BCUT2D eigenvalue weighted by atomic mass is 9.78. The summed E-state index contributed by atoms with van der Waals surface area (Å²) in [5.41, 5.74) is 23.1. The molecule has 0 amide bonds.